The fraction of sp³-hybridized carbons (Fsp3) is 0.667. The van der Waals surface area contributed by atoms with Crippen molar-refractivity contribution in [3.05, 3.63) is 60.2 Å². The van der Waals surface area contributed by atoms with Crippen LogP contribution in [0, 0.1) is 0 Å². The van der Waals surface area contributed by atoms with E-state index in [0.717, 1.165) is 51.6 Å². The summed E-state index contributed by atoms with van der Waals surface area (Å²) < 4.78 is 15.1. The number of rotatable bonds is 25. The van der Waals surface area contributed by atoms with Gasteiger partial charge in [0.1, 0.15) is 13.1 Å². The molecular weight excluding hydrogens is 524 g/mol. The minimum absolute atomic E-state index is 0.234. The van der Waals surface area contributed by atoms with Crippen molar-refractivity contribution in [1.82, 2.24) is 0 Å². The van der Waals surface area contributed by atoms with Gasteiger partial charge in [-0.05, 0) is 12.8 Å². The summed E-state index contributed by atoms with van der Waals surface area (Å²) in [7, 11) is 0. The summed E-state index contributed by atoms with van der Waals surface area (Å²) in [4.78, 5) is 24.6. The Morgan fingerprint density at radius 1 is 0.476 bits per heavy atom. The third kappa shape index (κ3) is 16.6. The van der Waals surface area contributed by atoms with Crippen LogP contribution in [0.1, 0.15) is 150 Å². The molecule has 0 saturated heterocycles. The molecule has 6 heteroatoms. The molecule has 0 aliphatic rings. The van der Waals surface area contributed by atoms with Crippen LogP contribution in [0.2, 0.25) is 0 Å². The number of pyridine rings is 2. The van der Waals surface area contributed by atoms with E-state index < -0.39 is 0 Å². The second kappa shape index (κ2) is 23.8. The van der Waals surface area contributed by atoms with Gasteiger partial charge in [0.25, 0.3) is 0 Å². The Labute approximate surface area is 255 Å². The van der Waals surface area contributed by atoms with Gasteiger partial charge < -0.3 is 9.47 Å². The lowest BCUT2D eigenvalue weighted by Gasteiger charge is -2.05. The lowest BCUT2D eigenvalue weighted by molar-refractivity contribution is -0.708. The van der Waals surface area contributed by atoms with Crippen molar-refractivity contribution in [1.29, 1.82) is 0 Å². The van der Waals surface area contributed by atoms with Gasteiger partial charge in [0.15, 0.2) is 24.8 Å². The highest BCUT2D eigenvalue weighted by atomic mass is 16.5. The quantitative estimate of drug-likeness (QED) is 0.0671. The Morgan fingerprint density at radius 3 is 1.12 bits per heavy atom. The first-order valence-corrected chi connectivity index (χ1v) is 17.0. The Kier molecular flexibility index (Phi) is 20.1. The highest BCUT2D eigenvalue weighted by Gasteiger charge is 2.12. The first-order chi connectivity index (χ1) is 20.6. The van der Waals surface area contributed by atoms with Crippen molar-refractivity contribution in [3.63, 3.8) is 0 Å². The van der Waals surface area contributed by atoms with Gasteiger partial charge in [-0.3, -0.25) is 0 Å². The van der Waals surface area contributed by atoms with Gasteiger partial charge in [0.2, 0.25) is 0 Å². The van der Waals surface area contributed by atoms with E-state index in [1.54, 1.807) is 0 Å². The van der Waals surface area contributed by atoms with Crippen LogP contribution < -0.4 is 9.13 Å². The summed E-state index contributed by atoms with van der Waals surface area (Å²) in [5.41, 5.74) is 1.22. The third-order valence-electron chi connectivity index (χ3n) is 7.80. The molecule has 0 unspecified atom stereocenters. The van der Waals surface area contributed by atoms with Crippen LogP contribution in [0.4, 0.5) is 0 Å². The van der Waals surface area contributed by atoms with Crippen molar-refractivity contribution >= 4 is 11.9 Å². The highest BCUT2D eigenvalue weighted by molar-refractivity contribution is 5.89. The summed E-state index contributed by atoms with van der Waals surface area (Å²) in [6.45, 7) is 7.25. The molecule has 0 fully saturated rings. The average molecular weight is 583 g/mol. The maximum absolute atomic E-state index is 12.3. The SMILES string of the molecule is CCCCCCCCCCOC(=O)c1cc[n+](CCCC[n+]2ccc(C(=O)OCCCCCCCCCC)cc2)cc1. The van der Waals surface area contributed by atoms with Crippen molar-refractivity contribution in [3.8, 4) is 0 Å². The minimum Gasteiger partial charge on any atom is -0.462 e. The molecule has 0 aliphatic heterocycles. The number of hydrogen-bond acceptors (Lipinski definition) is 4. The van der Waals surface area contributed by atoms with E-state index in [2.05, 4.69) is 23.0 Å². The molecule has 0 saturated carbocycles. The predicted octanol–water partition coefficient (Wildman–Crippen LogP) is 8.34. The molecule has 0 N–H and O–H groups in total. The molecule has 6 nitrogen and oxygen atoms in total. The molecule has 0 amide bonds. The Hall–Kier alpha value is -2.76. The second-order valence-corrected chi connectivity index (χ2v) is 11.6. The minimum atomic E-state index is -0.234. The number of aromatic nitrogens is 2. The molecule has 2 rings (SSSR count). The first-order valence-electron chi connectivity index (χ1n) is 17.0. The van der Waals surface area contributed by atoms with Crippen molar-refractivity contribution in [2.45, 2.75) is 143 Å². The van der Waals surface area contributed by atoms with E-state index >= 15 is 0 Å². The van der Waals surface area contributed by atoms with E-state index in [0.29, 0.717) is 24.3 Å². The van der Waals surface area contributed by atoms with E-state index in [1.165, 1.54) is 77.0 Å². The molecule has 42 heavy (non-hydrogen) atoms. The topological polar surface area (TPSA) is 60.4 Å². The summed E-state index contributed by atoms with van der Waals surface area (Å²) >= 11 is 0. The number of hydrogen-bond donors (Lipinski definition) is 0. The van der Waals surface area contributed by atoms with E-state index in [4.69, 9.17) is 9.47 Å². The number of unbranched alkanes of at least 4 members (excludes halogenated alkanes) is 15. The van der Waals surface area contributed by atoms with Gasteiger partial charge in [-0.1, -0.05) is 104 Å². The lowest BCUT2D eigenvalue weighted by Crippen LogP contribution is -2.35. The van der Waals surface area contributed by atoms with Gasteiger partial charge in [-0.15, -0.1) is 0 Å². The molecule has 2 heterocycles. The molecule has 0 radical (unpaired) electrons. The van der Waals surface area contributed by atoms with Crippen LogP contribution in [0.25, 0.3) is 0 Å². The van der Waals surface area contributed by atoms with Crippen LogP contribution in [0.3, 0.4) is 0 Å². The Morgan fingerprint density at radius 2 is 0.786 bits per heavy atom. The molecule has 2 aromatic rings. The van der Waals surface area contributed by atoms with E-state index in [-0.39, 0.29) is 11.9 Å². The van der Waals surface area contributed by atoms with Crippen molar-refractivity contribution < 1.29 is 28.2 Å². The number of aryl methyl sites for hydroxylation is 2. The first kappa shape index (κ1) is 35.4. The number of esters is 2. The molecule has 0 aromatic carbocycles. The van der Waals surface area contributed by atoms with Gasteiger partial charge in [-0.25, -0.2) is 18.7 Å². The molecule has 0 aliphatic carbocycles. The monoisotopic (exact) mass is 582 g/mol. The highest BCUT2D eigenvalue weighted by Crippen LogP contribution is 2.10. The number of carbonyl (C=O) groups excluding carboxylic acids is 2. The van der Waals surface area contributed by atoms with Crippen LogP contribution in [-0.4, -0.2) is 25.2 Å². The zero-order chi connectivity index (χ0) is 30.1. The fourth-order valence-corrected chi connectivity index (χ4v) is 5.04. The smallest absolute Gasteiger partial charge is 0.338 e. The maximum Gasteiger partial charge on any atom is 0.338 e. The molecule has 2 aromatic heterocycles. The molecular formula is C36H58N2O4+2. The van der Waals surface area contributed by atoms with Crippen LogP contribution in [0.5, 0.6) is 0 Å². The second-order valence-electron chi connectivity index (χ2n) is 11.6. The van der Waals surface area contributed by atoms with Crippen LogP contribution in [0.15, 0.2) is 49.1 Å². The standard InChI is InChI=1S/C36H58N2O4/c1-3-5-7-9-11-13-15-19-31-41-35(39)33-21-27-37(28-22-33)25-17-18-26-38-29-23-34(24-30-38)36(40)42-32-20-16-14-12-10-8-6-4-2/h21-24,27-30H,3-20,25-26,31-32H2,1-2H3/q+2. The van der Waals surface area contributed by atoms with Gasteiger partial charge >= 0.3 is 11.9 Å². The van der Waals surface area contributed by atoms with E-state index in [9.17, 15) is 9.59 Å². The summed E-state index contributed by atoms with van der Waals surface area (Å²) in [6.07, 6.45) is 29.6. The zero-order valence-electron chi connectivity index (χ0n) is 26.7. The summed E-state index contributed by atoms with van der Waals surface area (Å²) in [5.74, 6) is -0.469. The van der Waals surface area contributed by atoms with Gasteiger partial charge in [0, 0.05) is 37.1 Å². The number of carbonyl (C=O) groups is 2. The lowest BCUT2D eigenvalue weighted by atomic mass is 10.1. The largest absolute Gasteiger partial charge is 0.462 e. The van der Waals surface area contributed by atoms with Gasteiger partial charge in [0.05, 0.1) is 24.3 Å². The Balaban J connectivity index is 1.53. The van der Waals surface area contributed by atoms with Crippen LogP contribution in [-0.2, 0) is 22.6 Å². The molecule has 0 atom stereocenters. The van der Waals surface area contributed by atoms with E-state index in [1.807, 2.05) is 49.1 Å². The maximum atomic E-state index is 12.3. The Bertz CT molecular complexity index is 880. The zero-order valence-corrected chi connectivity index (χ0v) is 26.7. The predicted molar refractivity (Wildman–Crippen MR) is 168 cm³/mol. The van der Waals surface area contributed by atoms with Gasteiger partial charge in [-0.2, -0.15) is 0 Å². The molecule has 0 spiro atoms. The number of nitrogens with zero attached hydrogens (tertiary/aromatic N) is 2. The summed E-state index contributed by atoms with van der Waals surface area (Å²) in [5, 5.41) is 0. The molecule has 234 valence electrons. The normalized spacial score (nSPS) is 11.0. The number of ether oxygens (including phenoxy) is 2. The van der Waals surface area contributed by atoms with Crippen molar-refractivity contribution in [2.24, 2.45) is 0 Å². The molecule has 0 bridgehead atoms. The summed E-state index contributed by atoms with van der Waals surface area (Å²) in [6, 6.07) is 7.38. The van der Waals surface area contributed by atoms with Crippen molar-refractivity contribution in [2.75, 3.05) is 13.2 Å². The third-order valence-corrected chi connectivity index (χ3v) is 7.80. The van der Waals surface area contributed by atoms with Crippen LogP contribution >= 0.6 is 0 Å². The fourth-order valence-electron chi connectivity index (χ4n) is 5.04. The average Bonchev–Trinajstić information content (AvgIpc) is 3.02.